The van der Waals surface area contributed by atoms with Crippen molar-refractivity contribution < 1.29 is 4.42 Å². The lowest BCUT2D eigenvalue weighted by Crippen LogP contribution is -2.26. The molecule has 3 atom stereocenters. The van der Waals surface area contributed by atoms with Gasteiger partial charge in [-0.05, 0) is 42.5 Å². The summed E-state index contributed by atoms with van der Waals surface area (Å²) in [5, 5.41) is 0.488. The van der Waals surface area contributed by atoms with Gasteiger partial charge in [-0.1, -0.05) is 6.92 Å². The van der Waals surface area contributed by atoms with Gasteiger partial charge in [0.25, 0.3) is 0 Å². The number of nitrogens with two attached hydrogens (primary N) is 1. The molecule has 0 saturated heterocycles. The molecule has 0 aromatic carbocycles. The van der Waals surface area contributed by atoms with Crippen LogP contribution in [0.15, 0.2) is 10.5 Å². The maximum atomic E-state index is 5.91. The second-order valence-electron chi connectivity index (χ2n) is 4.01. The van der Waals surface area contributed by atoms with Crippen molar-refractivity contribution in [2.75, 3.05) is 0 Å². The molecule has 0 bridgehead atoms. The maximum absolute atomic E-state index is 5.91. The molecular formula is C10H14ClNO. The minimum Gasteiger partial charge on any atom is -0.449 e. The molecule has 1 aromatic rings. The van der Waals surface area contributed by atoms with Crippen molar-refractivity contribution in [3.8, 4) is 0 Å². The van der Waals surface area contributed by atoms with E-state index in [2.05, 4.69) is 6.92 Å². The standard InChI is InChI=1S/C10H14ClNO/c1-5-3-7-4-8(11)13-10(7)9(5)6(2)12/h4-6,9H,3,12H2,1-2H3. The van der Waals surface area contributed by atoms with E-state index in [4.69, 9.17) is 21.8 Å². The van der Waals surface area contributed by atoms with Crippen LogP contribution in [0.25, 0.3) is 0 Å². The van der Waals surface area contributed by atoms with Crippen molar-refractivity contribution in [3.05, 3.63) is 22.6 Å². The molecule has 3 unspecified atom stereocenters. The molecule has 1 aliphatic rings. The normalized spacial score (nSPS) is 28.9. The second-order valence-corrected chi connectivity index (χ2v) is 4.38. The van der Waals surface area contributed by atoms with Crippen LogP contribution in [0.3, 0.4) is 0 Å². The van der Waals surface area contributed by atoms with Crippen LogP contribution in [0.5, 0.6) is 0 Å². The molecule has 0 aliphatic heterocycles. The minimum absolute atomic E-state index is 0.137. The summed E-state index contributed by atoms with van der Waals surface area (Å²) < 4.78 is 5.46. The Balaban J connectivity index is 2.38. The number of furan rings is 1. The molecule has 2 N–H and O–H groups in total. The van der Waals surface area contributed by atoms with E-state index in [1.807, 2.05) is 13.0 Å². The molecule has 2 nitrogen and oxygen atoms in total. The van der Waals surface area contributed by atoms with E-state index in [0.29, 0.717) is 17.1 Å². The third-order valence-electron chi connectivity index (χ3n) is 2.84. The predicted molar refractivity (Wildman–Crippen MR) is 53.0 cm³/mol. The molecule has 0 fully saturated rings. The summed E-state index contributed by atoms with van der Waals surface area (Å²) in [6.45, 7) is 4.23. The average molecular weight is 200 g/mol. The van der Waals surface area contributed by atoms with Gasteiger partial charge in [-0.25, -0.2) is 0 Å². The topological polar surface area (TPSA) is 39.2 Å². The van der Waals surface area contributed by atoms with Gasteiger partial charge in [-0.3, -0.25) is 0 Å². The van der Waals surface area contributed by atoms with E-state index in [-0.39, 0.29) is 6.04 Å². The lowest BCUT2D eigenvalue weighted by Gasteiger charge is -2.18. The summed E-state index contributed by atoms with van der Waals surface area (Å²) in [6, 6.07) is 2.05. The summed E-state index contributed by atoms with van der Waals surface area (Å²) in [5.74, 6) is 1.92. The van der Waals surface area contributed by atoms with Crippen LogP contribution < -0.4 is 5.73 Å². The van der Waals surface area contributed by atoms with Crippen molar-refractivity contribution in [1.82, 2.24) is 0 Å². The van der Waals surface area contributed by atoms with E-state index in [9.17, 15) is 0 Å². The van der Waals surface area contributed by atoms with Crippen molar-refractivity contribution >= 4 is 11.6 Å². The van der Waals surface area contributed by atoms with Crippen molar-refractivity contribution in [2.45, 2.75) is 32.2 Å². The smallest absolute Gasteiger partial charge is 0.193 e. The Morgan fingerprint density at radius 3 is 3.00 bits per heavy atom. The van der Waals surface area contributed by atoms with Crippen molar-refractivity contribution in [2.24, 2.45) is 11.7 Å². The summed E-state index contributed by atoms with van der Waals surface area (Å²) in [5.41, 5.74) is 7.15. The molecule has 0 spiro atoms. The molecule has 2 rings (SSSR count). The Bertz CT molecular complexity index is 319. The number of fused-ring (bicyclic) bond motifs is 1. The highest BCUT2D eigenvalue weighted by molar-refractivity contribution is 6.28. The van der Waals surface area contributed by atoms with Crippen LogP contribution in [-0.2, 0) is 6.42 Å². The van der Waals surface area contributed by atoms with Crippen molar-refractivity contribution in [3.63, 3.8) is 0 Å². The van der Waals surface area contributed by atoms with Crippen LogP contribution in [0.4, 0.5) is 0 Å². The Kier molecular flexibility index (Phi) is 2.12. The Morgan fingerprint density at radius 1 is 1.69 bits per heavy atom. The van der Waals surface area contributed by atoms with E-state index < -0.39 is 0 Å². The number of hydrogen-bond donors (Lipinski definition) is 1. The van der Waals surface area contributed by atoms with Crippen LogP contribution in [0.1, 0.15) is 31.1 Å². The fourth-order valence-electron chi connectivity index (χ4n) is 2.34. The zero-order valence-electron chi connectivity index (χ0n) is 7.88. The highest BCUT2D eigenvalue weighted by Gasteiger charge is 2.35. The molecule has 13 heavy (non-hydrogen) atoms. The predicted octanol–water partition coefficient (Wildman–Crippen LogP) is 2.56. The number of hydrogen-bond acceptors (Lipinski definition) is 2. The third-order valence-corrected chi connectivity index (χ3v) is 3.02. The fraction of sp³-hybridized carbons (Fsp3) is 0.600. The van der Waals surface area contributed by atoms with Crippen LogP contribution in [0.2, 0.25) is 5.22 Å². The Morgan fingerprint density at radius 2 is 2.38 bits per heavy atom. The van der Waals surface area contributed by atoms with Crippen LogP contribution >= 0.6 is 11.6 Å². The Hall–Kier alpha value is -0.470. The first kappa shape index (κ1) is 9.10. The fourth-order valence-corrected chi connectivity index (χ4v) is 2.55. The molecular weight excluding hydrogens is 186 g/mol. The van der Waals surface area contributed by atoms with Gasteiger partial charge in [0.05, 0.1) is 0 Å². The molecule has 0 radical (unpaired) electrons. The quantitative estimate of drug-likeness (QED) is 0.755. The molecule has 1 heterocycles. The van der Waals surface area contributed by atoms with Gasteiger partial charge >= 0.3 is 0 Å². The van der Waals surface area contributed by atoms with E-state index in [1.165, 1.54) is 5.56 Å². The molecule has 3 heteroatoms. The van der Waals surface area contributed by atoms with Gasteiger partial charge in [0, 0.05) is 12.0 Å². The van der Waals surface area contributed by atoms with Gasteiger partial charge in [0.15, 0.2) is 5.22 Å². The number of halogens is 1. The van der Waals surface area contributed by atoms with Gasteiger partial charge in [-0.2, -0.15) is 0 Å². The molecule has 72 valence electrons. The molecule has 1 aromatic heterocycles. The molecule has 1 aliphatic carbocycles. The maximum Gasteiger partial charge on any atom is 0.193 e. The number of rotatable bonds is 1. The Labute approximate surface area is 83.1 Å². The van der Waals surface area contributed by atoms with Gasteiger partial charge in [0.2, 0.25) is 0 Å². The van der Waals surface area contributed by atoms with Crippen molar-refractivity contribution in [1.29, 1.82) is 0 Å². The lowest BCUT2D eigenvalue weighted by molar-refractivity contribution is 0.373. The molecule has 0 saturated carbocycles. The monoisotopic (exact) mass is 199 g/mol. The van der Waals surface area contributed by atoms with Gasteiger partial charge in [0.1, 0.15) is 5.76 Å². The van der Waals surface area contributed by atoms with E-state index in [1.54, 1.807) is 0 Å². The SMILES string of the molecule is CC(N)C1c2oc(Cl)cc2CC1C. The third kappa shape index (κ3) is 1.38. The summed E-state index contributed by atoms with van der Waals surface area (Å²) in [4.78, 5) is 0. The first-order valence-corrected chi connectivity index (χ1v) is 5.01. The molecule has 0 amide bonds. The largest absolute Gasteiger partial charge is 0.449 e. The first-order valence-electron chi connectivity index (χ1n) is 4.63. The zero-order valence-corrected chi connectivity index (χ0v) is 8.64. The first-order chi connectivity index (χ1) is 6.09. The summed E-state index contributed by atoms with van der Waals surface area (Å²) >= 11 is 5.79. The minimum atomic E-state index is 0.137. The van der Waals surface area contributed by atoms with E-state index >= 15 is 0 Å². The highest BCUT2D eigenvalue weighted by atomic mass is 35.5. The second kappa shape index (κ2) is 3.03. The van der Waals surface area contributed by atoms with Crippen LogP contribution in [-0.4, -0.2) is 6.04 Å². The highest BCUT2D eigenvalue weighted by Crippen LogP contribution is 2.41. The zero-order chi connectivity index (χ0) is 9.59. The van der Waals surface area contributed by atoms with Gasteiger partial charge < -0.3 is 10.2 Å². The van der Waals surface area contributed by atoms with Gasteiger partial charge in [-0.15, -0.1) is 0 Å². The van der Waals surface area contributed by atoms with Crippen LogP contribution in [0, 0.1) is 5.92 Å². The average Bonchev–Trinajstić information content (AvgIpc) is 2.41. The van der Waals surface area contributed by atoms with E-state index in [0.717, 1.165) is 12.2 Å². The summed E-state index contributed by atoms with van der Waals surface area (Å²) in [7, 11) is 0. The summed E-state index contributed by atoms with van der Waals surface area (Å²) in [6.07, 6.45) is 1.04. The lowest BCUT2D eigenvalue weighted by atomic mass is 9.91.